The number of aliphatic carboxylic acids is 1. The Morgan fingerprint density at radius 3 is 2.48 bits per heavy atom. The van der Waals surface area contributed by atoms with Gasteiger partial charge in [0, 0.05) is 5.69 Å². The summed E-state index contributed by atoms with van der Waals surface area (Å²) in [5, 5.41) is 15.6. The number of carboxylic acid groups (broad SMARTS) is 1. The van der Waals surface area contributed by atoms with E-state index >= 15 is 0 Å². The van der Waals surface area contributed by atoms with Gasteiger partial charge in [-0.3, -0.25) is 9.59 Å². The number of carbonyl (C=O) groups excluding carboxylic acids is 1. The van der Waals surface area contributed by atoms with E-state index in [-0.39, 0.29) is 12.5 Å². The normalized spacial score (nSPS) is 20.8. The number of hydrogen-bond acceptors (Lipinski definition) is 6. The number of carboxylic acids is 1. The molecule has 0 aliphatic heterocycles. The topological polar surface area (TPSA) is 115 Å². The predicted molar refractivity (Wildman–Crippen MR) is 86.8 cm³/mol. The molecular weight excluding hydrogens is 326 g/mol. The summed E-state index contributed by atoms with van der Waals surface area (Å²) in [5.74, 6) is -0.888. The zero-order valence-corrected chi connectivity index (χ0v) is 14.1. The van der Waals surface area contributed by atoms with Gasteiger partial charge >= 0.3 is 5.97 Å². The van der Waals surface area contributed by atoms with Crippen molar-refractivity contribution in [2.45, 2.75) is 27.4 Å². The number of nitrogens with zero attached hydrogens (tertiary/aromatic N) is 2. The second-order valence-corrected chi connectivity index (χ2v) is 6.65. The Hall–Kier alpha value is -2.90. The van der Waals surface area contributed by atoms with E-state index in [9.17, 15) is 9.59 Å². The number of aromatic nitrogens is 2. The molecule has 25 heavy (non-hydrogen) atoms. The molecular formula is C17H19N3O5. The van der Waals surface area contributed by atoms with Gasteiger partial charge in [-0.2, -0.15) is 4.98 Å². The molecule has 1 aliphatic rings. The molecule has 1 fully saturated rings. The van der Waals surface area contributed by atoms with Crippen molar-refractivity contribution in [2.24, 2.45) is 17.3 Å². The Morgan fingerprint density at radius 2 is 1.96 bits per heavy atom. The molecule has 2 N–H and O–H groups in total. The number of carbonyl (C=O) groups is 2. The van der Waals surface area contributed by atoms with Crippen molar-refractivity contribution in [3.05, 3.63) is 36.0 Å². The molecule has 1 aromatic carbocycles. The first kappa shape index (κ1) is 16.9. The van der Waals surface area contributed by atoms with Crippen LogP contribution in [0.4, 0.5) is 5.69 Å². The molecule has 1 heterocycles. The molecule has 8 heteroatoms. The highest BCUT2D eigenvalue weighted by atomic mass is 16.5. The molecule has 1 saturated carbocycles. The van der Waals surface area contributed by atoms with Crippen LogP contribution in [-0.4, -0.2) is 27.1 Å². The predicted octanol–water partition coefficient (Wildman–Crippen LogP) is 2.25. The monoisotopic (exact) mass is 345 g/mol. The van der Waals surface area contributed by atoms with E-state index in [1.165, 1.54) is 0 Å². The summed E-state index contributed by atoms with van der Waals surface area (Å²) in [6, 6.07) is 6.78. The SMILES string of the molecule is Cc1noc(COc2ccc(NC(=O)[C@@H]3[C@H](C(=O)O)C3(C)C)cc2)n1. The first-order chi connectivity index (χ1) is 11.8. The van der Waals surface area contributed by atoms with Gasteiger partial charge in [0.1, 0.15) is 5.75 Å². The molecule has 0 saturated heterocycles. The largest absolute Gasteiger partial charge is 0.484 e. The fourth-order valence-electron chi connectivity index (χ4n) is 2.99. The van der Waals surface area contributed by atoms with Crippen molar-refractivity contribution in [1.29, 1.82) is 0 Å². The summed E-state index contributed by atoms with van der Waals surface area (Å²) in [6.07, 6.45) is 0. The zero-order chi connectivity index (χ0) is 18.2. The summed E-state index contributed by atoms with van der Waals surface area (Å²) in [4.78, 5) is 27.5. The lowest BCUT2D eigenvalue weighted by atomic mass is 10.1. The van der Waals surface area contributed by atoms with E-state index < -0.39 is 23.2 Å². The first-order valence-electron chi connectivity index (χ1n) is 7.85. The zero-order valence-electron chi connectivity index (χ0n) is 14.1. The average molecular weight is 345 g/mol. The molecule has 0 bridgehead atoms. The molecule has 1 aliphatic carbocycles. The van der Waals surface area contributed by atoms with Crippen molar-refractivity contribution in [2.75, 3.05) is 5.32 Å². The van der Waals surface area contributed by atoms with Crippen molar-refractivity contribution < 1.29 is 24.0 Å². The number of ether oxygens (including phenoxy) is 1. The van der Waals surface area contributed by atoms with Crippen molar-refractivity contribution in [1.82, 2.24) is 10.1 Å². The maximum absolute atomic E-state index is 12.3. The standard InChI is InChI=1S/C17H19N3O5/c1-9-18-12(25-20-9)8-24-11-6-4-10(5-7-11)19-15(21)13-14(16(22)23)17(13,2)3/h4-7,13-14H,8H2,1-3H3,(H,19,21)(H,22,23)/t13-,14+/m0/s1. The van der Waals surface area contributed by atoms with Crippen LogP contribution in [0.3, 0.4) is 0 Å². The maximum atomic E-state index is 12.3. The third kappa shape index (κ3) is 3.47. The molecule has 8 nitrogen and oxygen atoms in total. The number of aryl methyl sites for hydroxylation is 1. The fourth-order valence-corrected chi connectivity index (χ4v) is 2.99. The van der Waals surface area contributed by atoms with Gasteiger partial charge in [-0.1, -0.05) is 19.0 Å². The third-order valence-corrected chi connectivity index (χ3v) is 4.43. The van der Waals surface area contributed by atoms with Gasteiger partial charge in [-0.05, 0) is 36.6 Å². The van der Waals surface area contributed by atoms with Crippen LogP contribution in [0.2, 0.25) is 0 Å². The minimum atomic E-state index is -0.940. The van der Waals surface area contributed by atoms with Gasteiger partial charge in [-0.25, -0.2) is 0 Å². The van der Waals surface area contributed by atoms with Crippen LogP contribution >= 0.6 is 0 Å². The van der Waals surface area contributed by atoms with E-state index in [1.54, 1.807) is 45.0 Å². The summed E-state index contributed by atoms with van der Waals surface area (Å²) >= 11 is 0. The number of anilines is 1. The van der Waals surface area contributed by atoms with Crippen molar-refractivity contribution in [3.63, 3.8) is 0 Å². The van der Waals surface area contributed by atoms with Crippen LogP contribution < -0.4 is 10.1 Å². The quantitative estimate of drug-likeness (QED) is 0.825. The van der Waals surface area contributed by atoms with Gasteiger partial charge in [0.2, 0.25) is 5.91 Å². The molecule has 1 amide bonds. The van der Waals surface area contributed by atoms with Gasteiger partial charge < -0.3 is 19.7 Å². The summed E-state index contributed by atoms with van der Waals surface area (Å²) in [5.41, 5.74) is 0.0547. The Balaban J connectivity index is 1.56. The van der Waals surface area contributed by atoms with E-state index in [4.69, 9.17) is 14.4 Å². The van der Waals surface area contributed by atoms with Crippen LogP contribution in [0, 0.1) is 24.2 Å². The van der Waals surface area contributed by atoms with Crippen LogP contribution in [0.5, 0.6) is 5.75 Å². The van der Waals surface area contributed by atoms with E-state index in [1.807, 2.05) is 0 Å². The Bertz CT molecular complexity index is 797. The summed E-state index contributed by atoms with van der Waals surface area (Å²) in [6.45, 7) is 5.45. The molecule has 0 radical (unpaired) electrons. The third-order valence-electron chi connectivity index (χ3n) is 4.43. The highest BCUT2D eigenvalue weighted by molar-refractivity contribution is 5.99. The number of hydrogen-bond donors (Lipinski definition) is 2. The lowest BCUT2D eigenvalue weighted by molar-refractivity contribution is -0.140. The summed E-state index contributed by atoms with van der Waals surface area (Å²) < 4.78 is 10.5. The van der Waals surface area contributed by atoms with E-state index in [2.05, 4.69) is 15.5 Å². The van der Waals surface area contributed by atoms with Gasteiger partial charge in [-0.15, -0.1) is 0 Å². The Kier molecular flexibility index (Phi) is 4.20. The lowest BCUT2D eigenvalue weighted by Crippen LogP contribution is -2.17. The van der Waals surface area contributed by atoms with Crippen molar-refractivity contribution >= 4 is 17.6 Å². The molecule has 0 unspecified atom stereocenters. The summed E-state index contributed by atoms with van der Waals surface area (Å²) in [7, 11) is 0. The average Bonchev–Trinajstić information content (AvgIpc) is 2.90. The second kappa shape index (κ2) is 6.19. The first-order valence-corrected chi connectivity index (χ1v) is 7.85. The number of rotatable bonds is 6. The van der Waals surface area contributed by atoms with Crippen LogP contribution in [0.1, 0.15) is 25.6 Å². The van der Waals surface area contributed by atoms with E-state index in [0.29, 0.717) is 23.2 Å². The molecule has 2 aromatic rings. The van der Waals surface area contributed by atoms with Gasteiger partial charge in [0.15, 0.2) is 12.4 Å². The van der Waals surface area contributed by atoms with Gasteiger partial charge in [0.05, 0.1) is 11.8 Å². The van der Waals surface area contributed by atoms with Crippen molar-refractivity contribution in [3.8, 4) is 5.75 Å². The van der Waals surface area contributed by atoms with Crippen LogP contribution in [0.15, 0.2) is 28.8 Å². The highest BCUT2D eigenvalue weighted by Gasteiger charge is 2.65. The Labute approximate surface area is 144 Å². The lowest BCUT2D eigenvalue weighted by Gasteiger charge is -2.08. The smallest absolute Gasteiger partial charge is 0.307 e. The number of nitrogens with one attached hydrogen (secondary N) is 1. The highest BCUT2D eigenvalue weighted by Crippen LogP contribution is 2.58. The second-order valence-electron chi connectivity index (χ2n) is 6.65. The number of amides is 1. The molecule has 3 rings (SSSR count). The Morgan fingerprint density at radius 1 is 1.28 bits per heavy atom. The maximum Gasteiger partial charge on any atom is 0.307 e. The molecule has 132 valence electrons. The minimum Gasteiger partial charge on any atom is -0.484 e. The minimum absolute atomic E-state index is 0.156. The number of benzene rings is 1. The fraction of sp³-hybridized carbons (Fsp3) is 0.412. The molecule has 0 spiro atoms. The van der Waals surface area contributed by atoms with Gasteiger partial charge in [0.25, 0.3) is 5.89 Å². The molecule has 2 atom stereocenters. The van der Waals surface area contributed by atoms with Crippen LogP contribution in [0.25, 0.3) is 0 Å². The molecule has 1 aromatic heterocycles. The van der Waals surface area contributed by atoms with Crippen LogP contribution in [-0.2, 0) is 16.2 Å². The van der Waals surface area contributed by atoms with E-state index in [0.717, 1.165) is 0 Å².